The summed E-state index contributed by atoms with van der Waals surface area (Å²) in [6.07, 6.45) is 6.79. The van der Waals surface area contributed by atoms with Crippen LogP contribution in [0.3, 0.4) is 0 Å². The van der Waals surface area contributed by atoms with E-state index >= 15 is 0 Å². The zero-order valence-corrected chi connectivity index (χ0v) is 14.6. The fourth-order valence-corrected chi connectivity index (χ4v) is 5.53. The van der Waals surface area contributed by atoms with Crippen LogP contribution in [0, 0.1) is 23.7 Å². The Morgan fingerprint density at radius 2 is 1.83 bits per heavy atom. The summed E-state index contributed by atoms with van der Waals surface area (Å²) < 4.78 is 1.86. The van der Waals surface area contributed by atoms with Gasteiger partial charge in [-0.25, -0.2) is 0 Å². The van der Waals surface area contributed by atoms with Crippen LogP contribution >= 0.6 is 0 Å². The fourth-order valence-electron chi connectivity index (χ4n) is 5.53. The molecule has 1 aromatic rings. The van der Waals surface area contributed by atoms with Crippen molar-refractivity contribution in [3.63, 3.8) is 0 Å². The van der Waals surface area contributed by atoms with Crippen molar-refractivity contribution in [3.8, 4) is 0 Å². The van der Waals surface area contributed by atoms with E-state index in [2.05, 4.69) is 31.2 Å². The molecule has 4 heteroatoms. The predicted molar refractivity (Wildman–Crippen MR) is 90.3 cm³/mol. The third-order valence-electron chi connectivity index (χ3n) is 6.45. The van der Waals surface area contributed by atoms with E-state index in [1.54, 1.807) is 0 Å². The average molecular weight is 315 g/mol. The van der Waals surface area contributed by atoms with Gasteiger partial charge in [0.2, 0.25) is 0 Å². The molecule has 0 saturated heterocycles. The van der Waals surface area contributed by atoms with E-state index in [1.807, 2.05) is 10.7 Å². The number of carbonyl (C=O) groups excluding carboxylic acids is 1. The quantitative estimate of drug-likeness (QED) is 0.923. The van der Waals surface area contributed by atoms with Gasteiger partial charge in [-0.15, -0.1) is 0 Å². The van der Waals surface area contributed by atoms with Crippen molar-refractivity contribution in [1.82, 2.24) is 15.1 Å². The standard InChI is InChI=1S/C19H29N3O/c1-4-22-17(10-16(21-22)11(2)3)19(23)20-18-14-6-12-5-13(8-14)9-15(18)7-12/h10-15,18H,4-9H2,1-3H3,(H,20,23). The second-order valence-electron chi connectivity index (χ2n) is 8.35. The molecule has 4 saturated carbocycles. The van der Waals surface area contributed by atoms with Gasteiger partial charge in [0.05, 0.1) is 5.69 Å². The molecule has 1 amide bonds. The Balaban J connectivity index is 1.52. The molecule has 0 aromatic carbocycles. The number of nitrogens with zero attached hydrogens (tertiary/aromatic N) is 2. The number of aryl methyl sites for hydroxylation is 1. The lowest BCUT2D eigenvalue weighted by Gasteiger charge is -2.54. The van der Waals surface area contributed by atoms with Crippen LogP contribution in [-0.2, 0) is 6.54 Å². The van der Waals surface area contributed by atoms with E-state index in [1.165, 1.54) is 32.1 Å². The summed E-state index contributed by atoms with van der Waals surface area (Å²) in [5.41, 5.74) is 1.76. The second kappa shape index (κ2) is 5.64. The van der Waals surface area contributed by atoms with Crippen molar-refractivity contribution >= 4 is 5.91 Å². The molecule has 5 rings (SSSR count). The Morgan fingerprint density at radius 3 is 2.35 bits per heavy atom. The van der Waals surface area contributed by atoms with Crippen molar-refractivity contribution < 1.29 is 4.79 Å². The highest BCUT2D eigenvalue weighted by atomic mass is 16.2. The maximum Gasteiger partial charge on any atom is 0.269 e. The molecule has 0 radical (unpaired) electrons. The zero-order chi connectivity index (χ0) is 16.1. The second-order valence-corrected chi connectivity index (χ2v) is 8.35. The molecular formula is C19H29N3O. The van der Waals surface area contributed by atoms with Gasteiger partial charge in [-0.2, -0.15) is 5.10 Å². The zero-order valence-electron chi connectivity index (χ0n) is 14.6. The van der Waals surface area contributed by atoms with Crippen LogP contribution in [0.15, 0.2) is 6.07 Å². The van der Waals surface area contributed by atoms with Gasteiger partial charge in [0, 0.05) is 12.6 Å². The van der Waals surface area contributed by atoms with Crippen LogP contribution in [-0.4, -0.2) is 21.7 Å². The molecule has 0 spiro atoms. The minimum atomic E-state index is 0.0868. The van der Waals surface area contributed by atoms with Gasteiger partial charge in [0.15, 0.2) is 0 Å². The molecule has 1 N–H and O–H groups in total. The van der Waals surface area contributed by atoms with E-state index in [4.69, 9.17) is 0 Å². The van der Waals surface area contributed by atoms with Gasteiger partial charge in [0.25, 0.3) is 5.91 Å². The van der Waals surface area contributed by atoms with Crippen LogP contribution in [0.2, 0.25) is 0 Å². The summed E-state index contributed by atoms with van der Waals surface area (Å²) in [5.74, 6) is 3.77. The maximum absolute atomic E-state index is 12.9. The molecule has 4 bridgehead atoms. The number of hydrogen-bond donors (Lipinski definition) is 1. The molecule has 0 aliphatic heterocycles. The lowest BCUT2D eigenvalue weighted by atomic mass is 9.54. The fraction of sp³-hybridized carbons (Fsp3) is 0.789. The predicted octanol–water partition coefficient (Wildman–Crippen LogP) is 3.58. The number of carbonyl (C=O) groups is 1. The van der Waals surface area contributed by atoms with E-state index in [-0.39, 0.29) is 5.91 Å². The van der Waals surface area contributed by atoms with Crippen molar-refractivity contribution in [3.05, 3.63) is 17.5 Å². The molecule has 126 valence electrons. The summed E-state index contributed by atoms with van der Waals surface area (Å²) in [6.45, 7) is 7.05. The highest BCUT2D eigenvalue weighted by molar-refractivity contribution is 5.93. The normalized spacial score (nSPS) is 35.0. The molecule has 1 aromatic heterocycles. The maximum atomic E-state index is 12.9. The molecule has 23 heavy (non-hydrogen) atoms. The number of amides is 1. The van der Waals surface area contributed by atoms with Gasteiger partial charge in [-0.1, -0.05) is 13.8 Å². The van der Waals surface area contributed by atoms with Gasteiger partial charge in [-0.3, -0.25) is 9.48 Å². The largest absolute Gasteiger partial charge is 0.347 e. The van der Waals surface area contributed by atoms with E-state index in [0.29, 0.717) is 12.0 Å². The first-order valence-corrected chi connectivity index (χ1v) is 9.43. The molecule has 4 fully saturated rings. The Labute approximate surface area is 139 Å². The highest BCUT2D eigenvalue weighted by Gasteiger charge is 2.48. The summed E-state index contributed by atoms with van der Waals surface area (Å²) >= 11 is 0. The number of aromatic nitrogens is 2. The Kier molecular flexibility index (Phi) is 3.73. The monoisotopic (exact) mass is 315 g/mol. The van der Waals surface area contributed by atoms with Crippen molar-refractivity contribution in [2.75, 3.05) is 0 Å². The smallest absolute Gasteiger partial charge is 0.269 e. The van der Waals surface area contributed by atoms with E-state index < -0.39 is 0 Å². The minimum absolute atomic E-state index is 0.0868. The SMILES string of the molecule is CCn1nc(C(C)C)cc1C(=O)NC1C2CC3CC(C2)CC1C3. The van der Waals surface area contributed by atoms with Gasteiger partial charge >= 0.3 is 0 Å². The summed E-state index contributed by atoms with van der Waals surface area (Å²) in [7, 11) is 0. The van der Waals surface area contributed by atoms with Crippen LogP contribution in [0.4, 0.5) is 0 Å². The first kappa shape index (κ1) is 15.2. The first-order chi connectivity index (χ1) is 11.0. The molecule has 0 atom stereocenters. The Bertz CT molecular complexity index is 576. The van der Waals surface area contributed by atoms with E-state index in [0.717, 1.165) is 41.6 Å². The minimum Gasteiger partial charge on any atom is -0.347 e. The summed E-state index contributed by atoms with van der Waals surface area (Å²) in [6, 6.07) is 2.39. The highest BCUT2D eigenvalue weighted by Crippen LogP contribution is 2.53. The van der Waals surface area contributed by atoms with Crippen LogP contribution in [0.25, 0.3) is 0 Å². The first-order valence-electron chi connectivity index (χ1n) is 9.43. The van der Waals surface area contributed by atoms with Gasteiger partial charge < -0.3 is 5.32 Å². The molecule has 4 nitrogen and oxygen atoms in total. The third-order valence-corrected chi connectivity index (χ3v) is 6.45. The van der Waals surface area contributed by atoms with Crippen molar-refractivity contribution in [2.24, 2.45) is 23.7 Å². The molecule has 0 unspecified atom stereocenters. The molecule has 4 aliphatic rings. The summed E-state index contributed by atoms with van der Waals surface area (Å²) in [4.78, 5) is 12.9. The lowest BCUT2D eigenvalue weighted by molar-refractivity contribution is -0.0120. The van der Waals surface area contributed by atoms with Crippen molar-refractivity contribution in [1.29, 1.82) is 0 Å². The van der Waals surface area contributed by atoms with E-state index in [9.17, 15) is 4.79 Å². The number of hydrogen-bond acceptors (Lipinski definition) is 2. The topological polar surface area (TPSA) is 46.9 Å². The Hall–Kier alpha value is -1.32. The number of nitrogens with one attached hydrogen (secondary N) is 1. The summed E-state index contributed by atoms with van der Waals surface area (Å²) in [5, 5.41) is 8.00. The lowest BCUT2D eigenvalue weighted by Crippen LogP contribution is -2.56. The van der Waals surface area contributed by atoms with Crippen molar-refractivity contribution in [2.45, 2.75) is 71.4 Å². The van der Waals surface area contributed by atoms with Gasteiger partial charge in [-0.05, 0) is 74.7 Å². The number of rotatable bonds is 4. The molecular weight excluding hydrogens is 286 g/mol. The molecule has 1 heterocycles. The molecule has 4 aliphatic carbocycles. The van der Waals surface area contributed by atoms with Crippen LogP contribution < -0.4 is 5.32 Å². The van der Waals surface area contributed by atoms with Crippen LogP contribution in [0.5, 0.6) is 0 Å². The van der Waals surface area contributed by atoms with Gasteiger partial charge in [0.1, 0.15) is 5.69 Å². The average Bonchev–Trinajstić information content (AvgIpc) is 2.94. The van der Waals surface area contributed by atoms with Crippen LogP contribution in [0.1, 0.15) is 75.0 Å². The third kappa shape index (κ3) is 2.60. The Morgan fingerprint density at radius 1 is 1.22 bits per heavy atom.